The van der Waals surface area contributed by atoms with Crippen molar-refractivity contribution in [2.24, 2.45) is 0 Å². The maximum atomic E-state index is 6.27. The fourth-order valence-corrected chi connectivity index (χ4v) is 3.89. The first-order valence-electron chi connectivity index (χ1n) is 6.70. The molecule has 2 saturated heterocycles. The van der Waals surface area contributed by atoms with Gasteiger partial charge in [-0.3, -0.25) is 4.90 Å². The van der Waals surface area contributed by atoms with E-state index in [0.717, 1.165) is 10.7 Å². The van der Waals surface area contributed by atoms with Crippen molar-refractivity contribution in [1.82, 2.24) is 4.90 Å². The van der Waals surface area contributed by atoms with E-state index in [1.807, 2.05) is 6.07 Å². The summed E-state index contributed by atoms with van der Waals surface area (Å²) in [4.78, 5) is 2.64. The van der Waals surface area contributed by atoms with Crippen LogP contribution in [0.2, 0.25) is 5.02 Å². The van der Waals surface area contributed by atoms with Crippen LogP contribution in [-0.4, -0.2) is 30.1 Å². The van der Waals surface area contributed by atoms with Gasteiger partial charge in [0.05, 0.1) is 10.7 Å². The Bertz CT molecular complexity index is 438. The highest BCUT2D eigenvalue weighted by atomic mass is 127. The predicted molar refractivity (Wildman–Crippen MR) is 85.4 cm³/mol. The van der Waals surface area contributed by atoms with Crippen LogP contribution in [0.5, 0.6) is 0 Å². The minimum absolute atomic E-state index is 0.570. The second kappa shape index (κ2) is 5.55. The van der Waals surface area contributed by atoms with Crippen LogP contribution < -0.4 is 5.32 Å². The van der Waals surface area contributed by atoms with E-state index in [-0.39, 0.29) is 0 Å². The average Bonchev–Trinajstić information content (AvgIpc) is 2.78. The third-order valence-corrected chi connectivity index (χ3v) is 5.13. The Balaban J connectivity index is 1.74. The molecule has 2 aliphatic heterocycles. The van der Waals surface area contributed by atoms with Gasteiger partial charge in [-0.2, -0.15) is 0 Å². The smallest absolute Gasteiger partial charge is 0.0638 e. The Morgan fingerprint density at radius 1 is 1.22 bits per heavy atom. The maximum Gasteiger partial charge on any atom is 0.0638 e. The third kappa shape index (κ3) is 2.63. The topological polar surface area (TPSA) is 15.3 Å². The molecule has 2 nitrogen and oxygen atoms in total. The fourth-order valence-electron chi connectivity index (χ4n) is 3.22. The highest BCUT2D eigenvalue weighted by molar-refractivity contribution is 14.1. The number of piperidine rings is 1. The molecule has 0 spiro atoms. The third-order valence-electron chi connectivity index (χ3n) is 4.13. The molecule has 2 atom stereocenters. The van der Waals surface area contributed by atoms with Crippen LogP contribution in [0.4, 0.5) is 5.69 Å². The molecule has 0 saturated carbocycles. The van der Waals surface area contributed by atoms with Crippen molar-refractivity contribution >= 4 is 39.9 Å². The zero-order chi connectivity index (χ0) is 12.5. The first kappa shape index (κ1) is 13.0. The van der Waals surface area contributed by atoms with Crippen LogP contribution in [0.15, 0.2) is 18.2 Å². The van der Waals surface area contributed by atoms with E-state index in [4.69, 9.17) is 11.6 Å². The van der Waals surface area contributed by atoms with E-state index in [1.165, 1.54) is 42.3 Å². The molecule has 18 heavy (non-hydrogen) atoms. The molecule has 2 fully saturated rings. The van der Waals surface area contributed by atoms with Crippen LogP contribution in [0, 0.1) is 3.57 Å². The van der Waals surface area contributed by atoms with Gasteiger partial charge in [0.25, 0.3) is 0 Å². The van der Waals surface area contributed by atoms with Gasteiger partial charge in [-0.25, -0.2) is 0 Å². The fraction of sp³-hybridized carbons (Fsp3) is 0.571. The minimum atomic E-state index is 0.570. The lowest BCUT2D eigenvalue weighted by Gasteiger charge is -2.33. The second-order valence-electron chi connectivity index (χ2n) is 5.26. The highest BCUT2D eigenvalue weighted by Crippen LogP contribution is 2.32. The number of benzene rings is 1. The summed E-state index contributed by atoms with van der Waals surface area (Å²) in [5, 5.41) is 4.51. The molecule has 2 heterocycles. The number of anilines is 1. The van der Waals surface area contributed by atoms with Crippen LogP contribution in [-0.2, 0) is 0 Å². The second-order valence-corrected chi connectivity index (χ2v) is 6.92. The summed E-state index contributed by atoms with van der Waals surface area (Å²) < 4.78 is 1.23. The Kier molecular flexibility index (Phi) is 4.01. The first-order chi connectivity index (χ1) is 8.74. The summed E-state index contributed by atoms with van der Waals surface area (Å²) in [5.41, 5.74) is 1.10. The van der Waals surface area contributed by atoms with Crippen molar-refractivity contribution in [2.45, 2.75) is 37.8 Å². The zero-order valence-electron chi connectivity index (χ0n) is 10.3. The van der Waals surface area contributed by atoms with Crippen LogP contribution in [0.25, 0.3) is 0 Å². The normalized spacial score (nSPS) is 28.1. The van der Waals surface area contributed by atoms with Gasteiger partial charge in [-0.05, 0) is 66.6 Å². The summed E-state index contributed by atoms with van der Waals surface area (Å²) >= 11 is 8.61. The van der Waals surface area contributed by atoms with Crippen molar-refractivity contribution in [2.75, 3.05) is 18.4 Å². The number of halogens is 2. The number of nitrogens with one attached hydrogen (secondary N) is 1. The van der Waals surface area contributed by atoms with E-state index in [2.05, 4.69) is 44.9 Å². The summed E-state index contributed by atoms with van der Waals surface area (Å²) in [6.07, 6.45) is 5.32. The summed E-state index contributed by atoms with van der Waals surface area (Å²) in [6.45, 7) is 2.52. The van der Waals surface area contributed by atoms with Gasteiger partial charge >= 0.3 is 0 Å². The van der Waals surface area contributed by atoms with E-state index >= 15 is 0 Å². The summed E-state index contributed by atoms with van der Waals surface area (Å²) in [6, 6.07) is 7.47. The maximum absolute atomic E-state index is 6.27. The SMILES string of the molecule is Clc1ccc(I)cc1NC1CCN2CCCCC12. The average molecular weight is 377 g/mol. The predicted octanol–water partition coefficient (Wildman–Crippen LogP) is 3.98. The van der Waals surface area contributed by atoms with Crippen LogP contribution in [0.1, 0.15) is 25.7 Å². The van der Waals surface area contributed by atoms with Gasteiger partial charge in [-0.1, -0.05) is 18.0 Å². The molecule has 0 aromatic heterocycles. The molecular formula is C14H18ClIN2. The van der Waals surface area contributed by atoms with Crippen molar-refractivity contribution in [1.29, 1.82) is 0 Å². The lowest BCUT2D eigenvalue weighted by Crippen LogP contribution is -2.41. The van der Waals surface area contributed by atoms with Gasteiger partial charge in [-0.15, -0.1) is 0 Å². The largest absolute Gasteiger partial charge is 0.379 e. The van der Waals surface area contributed by atoms with Gasteiger partial charge in [0, 0.05) is 22.2 Å². The first-order valence-corrected chi connectivity index (χ1v) is 8.15. The van der Waals surface area contributed by atoms with Gasteiger partial charge in [0.2, 0.25) is 0 Å². The van der Waals surface area contributed by atoms with Crippen LogP contribution in [0.3, 0.4) is 0 Å². The molecule has 1 N–H and O–H groups in total. The number of hydrogen-bond acceptors (Lipinski definition) is 2. The zero-order valence-corrected chi connectivity index (χ0v) is 13.2. The van der Waals surface area contributed by atoms with E-state index in [9.17, 15) is 0 Å². The highest BCUT2D eigenvalue weighted by Gasteiger charge is 2.35. The quantitative estimate of drug-likeness (QED) is 0.785. The Morgan fingerprint density at radius 2 is 2.11 bits per heavy atom. The van der Waals surface area contributed by atoms with Gasteiger partial charge in [0.1, 0.15) is 0 Å². The molecule has 1 aromatic carbocycles. The minimum Gasteiger partial charge on any atom is -0.379 e. The van der Waals surface area contributed by atoms with E-state index in [1.54, 1.807) is 0 Å². The van der Waals surface area contributed by atoms with Crippen LogP contribution >= 0.6 is 34.2 Å². The standard InChI is InChI=1S/C14H18ClIN2/c15-11-5-4-10(16)9-13(11)17-12-6-8-18-7-2-1-3-14(12)18/h4-5,9,12,14,17H,1-3,6-8H2. The van der Waals surface area contributed by atoms with E-state index in [0.29, 0.717) is 12.1 Å². The molecule has 1 aromatic rings. The van der Waals surface area contributed by atoms with Crippen molar-refractivity contribution in [3.8, 4) is 0 Å². The summed E-state index contributed by atoms with van der Waals surface area (Å²) in [7, 11) is 0. The van der Waals surface area contributed by atoms with Crippen molar-refractivity contribution in [3.63, 3.8) is 0 Å². The van der Waals surface area contributed by atoms with E-state index < -0.39 is 0 Å². The molecule has 0 amide bonds. The molecule has 98 valence electrons. The van der Waals surface area contributed by atoms with Crippen molar-refractivity contribution < 1.29 is 0 Å². The lowest BCUT2D eigenvalue weighted by molar-refractivity contribution is 0.193. The number of nitrogens with zero attached hydrogens (tertiary/aromatic N) is 1. The molecule has 0 bridgehead atoms. The Morgan fingerprint density at radius 3 is 3.00 bits per heavy atom. The number of fused-ring (bicyclic) bond motifs is 1. The van der Waals surface area contributed by atoms with Gasteiger partial charge < -0.3 is 5.32 Å². The van der Waals surface area contributed by atoms with Crippen molar-refractivity contribution in [3.05, 3.63) is 26.8 Å². The molecular weight excluding hydrogens is 359 g/mol. The molecule has 0 aliphatic carbocycles. The monoisotopic (exact) mass is 376 g/mol. The number of hydrogen-bond donors (Lipinski definition) is 1. The summed E-state index contributed by atoms with van der Waals surface area (Å²) in [5.74, 6) is 0. The molecule has 3 rings (SSSR count). The molecule has 2 unspecified atom stereocenters. The molecule has 0 radical (unpaired) electrons. The lowest BCUT2D eigenvalue weighted by atomic mass is 9.99. The molecule has 4 heteroatoms. The Hall–Kier alpha value is -0.0000000000000000763. The Labute approximate surface area is 127 Å². The molecule has 2 aliphatic rings. The van der Waals surface area contributed by atoms with Gasteiger partial charge in [0.15, 0.2) is 0 Å². The number of rotatable bonds is 2.